The van der Waals surface area contributed by atoms with E-state index in [2.05, 4.69) is 145 Å². The van der Waals surface area contributed by atoms with Crippen LogP contribution in [0, 0.1) is 0 Å². The molecule has 0 saturated heterocycles. The number of hydrogen-bond donors (Lipinski definition) is 1. The van der Waals surface area contributed by atoms with Crippen molar-refractivity contribution in [1.82, 2.24) is 0 Å². The van der Waals surface area contributed by atoms with Crippen molar-refractivity contribution in [3.05, 3.63) is 169 Å². The number of para-hydroxylation sites is 1. The molecule has 0 fully saturated rings. The third kappa shape index (κ3) is 3.73. The molecule has 232 valence electrons. The van der Waals surface area contributed by atoms with Crippen molar-refractivity contribution in [3.63, 3.8) is 0 Å². The predicted octanol–water partition coefficient (Wildman–Crippen LogP) is 14.4. The van der Waals surface area contributed by atoms with Crippen molar-refractivity contribution in [2.45, 2.75) is 0 Å². The number of anilines is 2. The van der Waals surface area contributed by atoms with Crippen molar-refractivity contribution in [2.24, 2.45) is 0 Å². The average Bonchev–Trinajstić information content (AvgIpc) is 3.68. The molecule has 11 aromatic carbocycles. The van der Waals surface area contributed by atoms with Crippen LogP contribution in [0.1, 0.15) is 0 Å². The first-order valence-electron chi connectivity index (χ1n) is 17.1. The van der Waals surface area contributed by atoms with Crippen LogP contribution in [0.25, 0.3) is 97.7 Å². The molecule has 0 unspecified atom stereocenters. The van der Waals surface area contributed by atoms with Gasteiger partial charge in [0.1, 0.15) is 0 Å². The number of rotatable bonds is 4. The average molecular weight is 654 g/mol. The third-order valence-electron chi connectivity index (χ3n) is 10.8. The Morgan fingerprint density at radius 3 is 1.56 bits per heavy atom. The predicted molar refractivity (Wildman–Crippen MR) is 217 cm³/mol. The third-order valence-corrected chi connectivity index (χ3v) is 11.1. The Bertz CT molecular complexity index is 3110. The summed E-state index contributed by atoms with van der Waals surface area (Å²) < 4.78 is 0. The molecule has 0 spiro atoms. The molecular formula is C48H28ClN. The molecule has 0 bridgehead atoms. The fourth-order valence-corrected chi connectivity index (χ4v) is 9.01. The monoisotopic (exact) mass is 653 g/mol. The molecule has 50 heavy (non-hydrogen) atoms. The van der Waals surface area contributed by atoms with E-state index >= 15 is 0 Å². The maximum Gasteiger partial charge on any atom is 0.0640 e. The van der Waals surface area contributed by atoms with Gasteiger partial charge >= 0.3 is 0 Å². The lowest BCUT2D eigenvalue weighted by molar-refractivity contribution is 1.58. The van der Waals surface area contributed by atoms with Gasteiger partial charge in [-0.2, -0.15) is 0 Å². The standard InChI is InChI=1S/C48H28ClN/c49-39-23-9-10-24-41(39)50-40-26-25-36-45-33(40)20-12-22-35(45)47-42(28-13-3-1-4-14-28)38-27-37-31-18-8-7-17-30(31)32-19-11-21-34(44(32)37)46(38)43(48(36)47)29-15-5-2-6-16-29/h1-27,50H. The Labute approximate surface area is 293 Å². The molecule has 2 heteroatoms. The Kier molecular flexibility index (Phi) is 5.79. The van der Waals surface area contributed by atoms with E-state index in [-0.39, 0.29) is 0 Å². The molecule has 0 atom stereocenters. The molecule has 0 saturated carbocycles. The van der Waals surface area contributed by atoms with Crippen LogP contribution in [-0.4, -0.2) is 0 Å². The van der Waals surface area contributed by atoms with Gasteiger partial charge in [-0.05, 0) is 117 Å². The second-order valence-corrected chi connectivity index (χ2v) is 13.8. The molecule has 0 aliphatic rings. The summed E-state index contributed by atoms with van der Waals surface area (Å²) in [6.45, 7) is 0. The minimum Gasteiger partial charge on any atom is -0.354 e. The smallest absolute Gasteiger partial charge is 0.0640 e. The Hall–Kier alpha value is -6.15. The van der Waals surface area contributed by atoms with Gasteiger partial charge in [0.25, 0.3) is 0 Å². The molecule has 11 rings (SSSR count). The van der Waals surface area contributed by atoms with Gasteiger partial charge in [0.2, 0.25) is 0 Å². The summed E-state index contributed by atoms with van der Waals surface area (Å²) in [7, 11) is 0. The highest BCUT2D eigenvalue weighted by molar-refractivity contribution is 6.45. The van der Waals surface area contributed by atoms with Crippen LogP contribution in [0.5, 0.6) is 0 Å². The number of halogens is 1. The maximum absolute atomic E-state index is 6.66. The lowest BCUT2D eigenvalue weighted by Gasteiger charge is -2.19. The molecule has 1 N–H and O–H groups in total. The molecule has 0 radical (unpaired) electrons. The van der Waals surface area contributed by atoms with Gasteiger partial charge in [-0.1, -0.05) is 151 Å². The second-order valence-electron chi connectivity index (χ2n) is 13.3. The summed E-state index contributed by atoms with van der Waals surface area (Å²) in [6.07, 6.45) is 0. The van der Waals surface area contributed by atoms with Crippen molar-refractivity contribution >= 4 is 98.4 Å². The summed E-state index contributed by atoms with van der Waals surface area (Å²) >= 11 is 6.66. The summed E-state index contributed by atoms with van der Waals surface area (Å²) in [4.78, 5) is 0. The van der Waals surface area contributed by atoms with E-state index in [4.69, 9.17) is 11.6 Å². The molecule has 0 aromatic heterocycles. The van der Waals surface area contributed by atoms with Crippen LogP contribution in [0.2, 0.25) is 5.02 Å². The quantitative estimate of drug-likeness (QED) is 0.186. The molecular weight excluding hydrogens is 626 g/mol. The molecule has 0 amide bonds. The molecule has 0 aliphatic heterocycles. The van der Waals surface area contributed by atoms with E-state index in [9.17, 15) is 0 Å². The highest BCUT2D eigenvalue weighted by Gasteiger charge is 2.26. The summed E-state index contributed by atoms with van der Waals surface area (Å²) in [5.41, 5.74) is 6.97. The van der Waals surface area contributed by atoms with Gasteiger partial charge < -0.3 is 5.32 Å². The van der Waals surface area contributed by atoms with Gasteiger partial charge in [0, 0.05) is 11.1 Å². The van der Waals surface area contributed by atoms with Crippen LogP contribution < -0.4 is 5.32 Å². The van der Waals surface area contributed by atoms with E-state index in [0.717, 1.165) is 11.4 Å². The zero-order chi connectivity index (χ0) is 32.9. The first-order chi connectivity index (χ1) is 24.8. The van der Waals surface area contributed by atoms with E-state index in [0.29, 0.717) is 5.02 Å². The number of fused-ring (bicyclic) bond motifs is 8. The van der Waals surface area contributed by atoms with Gasteiger partial charge in [-0.3, -0.25) is 0 Å². The fraction of sp³-hybridized carbons (Fsp3) is 0. The SMILES string of the molecule is Clc1ccccc1Nc1ccc2c3c(-c4ccccc4)c4c(cc5c6ccccc6c6cccc4c65)c(-c4ccccc4)c3c3cccc1c32. The van der Waals surface area contributed by atoms with E-state index < -0.39 is 0 Å². The minimum atomic E-state index is 0.702. The molecule has 0 heterocycles. The highest BCUT2D eigenvalue weighted by Crippen LogP contribution is 2.55. The Morgan fingerprint density at radius 1 is 0.300 bits per heavy atom. The molecule has 1 nitrogen and oxygen atoms in total. The van der Waals surface area contributed by atoms with Crippen LogP contribution >= 0.6 is 11.6 Å². The van der Waals surface area contributed by atoms with Gasteiger partial charge in [0.05, 0.1) is 10.7 Å². The lowest BCUT2D eigenvalue weighted by atomic mass is 9.84. The number of benzene rings is 9. The molecule has 11 aromatic rings. The van der Waals surface area contributed by atoms with Crippen LogP contribution in [-0.2, 0) is 0 Å². The van der Waals surface area contributed by atoms with E-state index in [1.807, 2.05) is 24.3 Å². The van der Waals surface area contributed by atoms with Crippen LogP contribution in [0.4, 0.5) is 11.4 Å². The highest BCUT2D eigenvalue weighted by atomic mass is 35.5. The van der Waals surface area contributed by atoms with Crippen molar-refractivity contribution in [3.8, 4) is 22.3 Å². The Balaban J connectivity index is 1.41. The topological polar surface area (TPSA) is 12.0 Å². The van der Waals surface area contributed by atoms with E-state index in [1.165, 1.54) is 97.7 Å². The van der Waals surface area contributed by atoms with Crippen molar-refractivity contribution < 1.29 is 0 Å². The normalized spacial score (nSPS) is 12.1. The first kappa shape index (κ1) is 27.8. The summed E-state index contributed by atoms with van der Waals surface area (Å²) in [5, 5.41) is 22.4. The maximum atomic E-state index is 6.66. The van der Waals surface area contributed by atoms with Crippen molar-refractivity contribution in [2.75, 3.05) is 5.32 Å². The zero-order valence-electron chi connectivity index (χ0n) is 27.0. The minimum absolute atomic E-state index is 0.702. The largest absolute Gasteiger partial charge is 0.354 e. The summed E-state index contributed by atoms with van der Waals surface area (Å²) in [6, 6.07) is 59.6. The number of nitrogens with one attached hydrogen (secondary N) is 1. The molecule has 0 aliphatic carbocycles. The van der Waals surface area contributed by atoms with Crippen LogP contribution in [0.3, 0.4) is 0 Å². The lowest BCUT2D eigenvalue weighted by Crippen LogP contribution is -1.92. The second kappa shape index (κ2) is 10.4. The summed E-state index contributed by atoms with van der Waals surface area (Å²) in [5.74, 6) is 0. The Morgan fingerprint density at radius 2 is 0.820 bits per heavy atom. The zero-order valence-corrected chi connectivity index (χ0v) is 27.7. The van der Waals surface area contributed by atoms with E-state index in [1.54, 1.807) is 0 Å². The first-order valence-corrected chi connectivity index (χ1v) is 17.5. The van der Waals surface area contributed by atoms with Gasteiger partial charge in [-0.15, -0.1) is 0 Å². The van der Waals surface area contributed by atoms with Crippen molar-refractivity contribution in [1.29, 1.82) is 0 Å². The van der Waals surface area contributed by atoms with Gasteiger partial charge in [0.15, 0.2) is 0 Å². The van der Waals surface area contributed by atoms with Crippen LogP contribution in [0.15, 0.2) is 164 Å². The number of hydrogen-bond acceptors (Lipinski definition) is 1. The van der Waals surface area contributed by atoms with Gasteiger partial charge in [-0.25, -0.2) is 0 Å². The fourth-order valence-electron chi connectivity index (χ4n) is 8.83.